The molecule has 0 aliphatic carbocycles. The van der Waals surface area contributed by atoms with Crippen LogP contribution in [0.2, 0.25) is 0 Å². The van der Waals surface area contributed by atoms with Crippen molar-refractivity contribution in [3.05, 3.63) is 34.2 Å². The van der Waals surface area contributed by atoms with Crippen LogP contribution in [0.25, 0.3) is 11.0 Å². The van der Waals surface area contributed by atoms with Crippen LogP contribution in [0.1, 0.15) is 11.7 Å². The Morgan fingerprint density at radius 2 is 2.08 bits per heavy atom. The van der Waals surface area contributed by atoms with Crippen molar-refractivity contribution in [1.82, 2.24) is 9.97 Å². The van der Waals surface area contributed by atoms with Gasteiger partial charge in [-0.1, -0.05) is 6.07 Å². The molecule has 1 fully saturated rings. The number of ether oxygens (including phenoxy) is 1. The molecule has 1 aliphatic heterocycles. The highest BCUT2D eigenvalue weighted by Crippen LogP contribution is 2.30. The fourth-order valence-electron chi connectivity index (χ4n) is 1.49. The van der Waals surface area contributed by atoms with Gasteiger partial charge in [-0.25, -0.2) is 4.79 Å². The van der Waals surface area contributed by atoms with Crippen molar-refractivity contribution >= 4 is 11.0 Å². The van der Waals surface area contributed by atoms with E-state index in [1.54, 1.807) is 0 Å². The quantitative estimate of drug-likeness (QED) is 0.635. The number of fused-ring (bicyclic) bond motifs is 1. The Bertz CT molecular complexity index is 508. The molecule has 2 N–H and O–H groups in total. The Hall–Kier alpha value is -1.55. The minimum atomic E-state index is -0.163. The molecule has 0 radical (unpaired) electrons. The number of H-pyrrole nitrogens is 2. The van der Waals surface area contributed by atoms with Gasteiger partial charge >= 0.3 is 5.69 Å². The lowest BCUT2D eigenvalue weighted by molar-refractivity contribution is 0.416. The number of imidazole rings is 1. The second-order valence-electron chi connectivity index (χ2n) is 3.21. The molecule has 4 nitrogen and oxygen atoms in total. The number of nitrogens with one attached hydrogen (secondary N) is 2. The summed E-state index contributed by atoms with van der Waals surface area (Å²) in [5.74, 6) is 0. The Morgan fingerprint density at radius 1 is 1.31 bits per heavy atom. The van der Waals surface area contributed by atoms with Crippen molar-refractivity contribution in [3.63, 3.8) is 0 Å². The van der Waals surface area contributed by atoms with Gasteiger partial charge in [0.05, 0.1) is 17.6 Å². The van der Waals surface area contributed by atoms with Gasteiger partial charge in [0.25, 0.3) is 0 Å². The van der Waals surface area contributed by atoms with E-state index in [0.29, 0.717) is 0 Å². The molecule has 2 heterocycles. The summed E-state index contributed by atoms with van der Waals surface area (Å²) >= 11 is 0. The van der Waals surface area contributed by atoms with Crippen molar-refractivity contribution < 1.29 is 4.74 Å². The number of hydrogen-bond acceptors (Lipinski definition) is 2. The van der Waals surface area contributed by atoms with Gasteiger partial charge < -0.3 is 14.7 Å². The van der Waals surface area contributed by atoms with Crippen LogP contribution >= 0.6 is 0 Å². The third kappa shape index (κ3) is 1.07. The van der Waals surface area contributed by atoms with Crippen LogP contribution in [0.3, 0.4) is 0 Å². The minimum absolute atomic E-state index is 0.163. The molecule has 66 valence electrons. The van der Waals surface area contributed by atoms with Gasteiger partial charge in [-0.3, -0.25) is 0 Å². The van der Waals surface area contributed by atoms with Gasteiger partial charge in [-0.2, -0.15) is 0 Å². The zero-order valence-electron chi connectivity index (χ0n) is 6.83. The monoisotopic (exact) mass is 176 g/mol. The van der Waals surface area contributed by atoms with E-state index in [9.17, 15) is 4.79 Å². The standard InChI is InChI=1S/C9H8N2O2/c12-9-10-6-2-1-5(8-4-13-8)3-7(6)11-9/h1-3,8H,4H2,(H2,10,11,12). The van der Waals surface area contributed by atoms with Crippen LogP contribution < -0.4 is 5.69 Å². The number of aromatic amines is 2. The normalized spacial score (nSPS) is 20.8. The second kappa shape index (κ2) is 2.23. The van der Waals surface area contributed by atoms with E-state index in [1.165, 1.54) is 0 Å². The summed E-state index contributed by atoms with van der Waals surface area (Å²) in [6.45, 7) is 0.792. The summed E-state index contributed by atoms with van der Waals surface area (Å²) in [7, 11) is 0. The number of benzene rings is 1. The third-order valence-electron chi connectivity index (χ3n) is 2.25. The highest BCUT2D eigenvalue weighted by Gasteiger charge is 2.24. The van der Waals surface area contributed by atoms with E-state index >= 15 is 0 Å². The lowest BCUT2D eigenvalue weighted by Gasteiger charge is -1.94. The van der Waals surface area contributed by atoms with E-state index in [4.69, 9.17) is 4.74 Å². The van der Waals surface area contributed by atoms with Gasteiger partial charge in [0.2, 0.25) is 0 Å². The first kappa shape index (κ1) is 6.91. The molecule has 0 bridgehead atoms. The molecular weight excluding hydrogens is 168 g/mol. The molecule has 1 aromatic carbocycles. The van der Waals surface area contributed by atoms with Crippen LogP contribution in [-0.4, -0.2) is 16.6 Å². The van der Waals surface area contributed by atoms with E-state index in [1.807, 2.05) is 18.2 Å². The van der Waals surface area contributed by atoms with Gasteiger partial charge in [-0.05, 0) is 17.7 Å². The van der Waals surface area contributed by atoms with Crippen molar-refractivity contribution in [2.24, 2.45) is 0 Å². The first-order valence-electron chi connectivity index (χ1n) is 4.16. The molecule has 1 saturated heterocycles. The lowest BCUT2D eigenvalue weighted by atomic mass is 10.1. The maximum Gasteiger partial charge on any atom is 0.323 e. The van der Waals surface area contributed by atoms with E-state index in [-0.39, 0.29) is 11.8 Å². The molecule has 3 rings (SSSR count). The molecule has 4 heteroatoms. The molecule has 0 saturated carbocycles. The fourth-order valence-corrected chi connectivity index (χ4v) is 1.49. The molecule has 0 amide bonds. The largest absolute Gasteiger partial charge is 0.368 e. The molecule has 0 spiro atoms. The summed E-state index contributed by atoms with van der Waals surface area (Å²) in [5, 5.41) is 0. The summed E-state index contributed by atoms with van der Waals surface area (Å²) in [6, 6.07) is 5.82. The average Bonchev–Trinajstić information content (AvgIpc) is 2.87. The number of aromatic nitrogens is 2. The second-order valence-corrected chi connectivity index (χ2v) is 3.21. The highest BCUT2D eigenvalue weighted by atomic mass is 16.6. The SMILES string of the molecule is O=c1[nH]c2ccc(C3CO3)cc2[nH]1. The average molecular weight is 176 g/mol. The van der Waals surface area contributed by atoms with Crippen LogP contribution in [0.5, 0.6) is 0 Å². The van der Waals surface area contributed by atoms with Crippen LogP contribution in [0, 0.1) is 0 Å². The third-order valence-corrected chi connectivity index (χ3v) is 2.25. The Morgan fingerprint density at radius 3 is 2.85 bits per heavy atom. The molecule has 1 aromatic heterocycles. The summed E-state index contributed by atoms with van der Waals surface area (Å²) in [6.07, 6.45) is 0.239. The van der Waals surface area contributed by atoms with Gasteiger partial charge in [-0.15, -0.1) is 0 Å². The molecule has 2 aromatic rings. The van der Waals surface area contributed by atoms with Crippen molar-refractivity contribution in [2.45, 2.75) is 6.10 Å². The molecule has 1 unspecified atom stereocenters. The van der Waals surface area contributed by atoms with Crippen molar-refractivity contribution in [1.29, 1.82) is 0 Å². The van der Waals surface area contributed by atoms with Crippen LogP contribution in [-0.2, 0) is 4.74 Å². The Kier molecular flexibility index (Phi) is 1.19. The number of epoxide rings is 1. The number of rotatable bonds is 1. The fraction of sp³-hybridized carbons (Fsp3) is 0.222. The van der Waals surface area contributed by atoms with Crippen LogP contribution in [0.15, 0.2) is 23.0 Å². The Labute approximate surface area is 73.5 Å². The molecule has 13 heavy (non-hydrogen) atoms. The minimum Gasteiger partial charge on any atom is -0.368 e. The molecular formula is C9H8N2O2. The molecule has 1 atom stereocenters. The maximum absolute atomic E-state index is 10.9. The summed E-state index contributed by atoms with van der Waals surface area (Å²) < 4.78 is 5.15. The van der Waals surface area contributed by atoms with Crippen molar-refractivity contribution in [2.75, 3.05) is 6.61 Å². The summed E-state index contributed by atoms with van der Waals surface area (Å²) in [4.78, 5) is 16.4. The first-order chi connectivity index (χ1) is 6.33. The maximum atomic E-state index is 10.9. The topological polar surface area (TPSA) is 61.2 Å². The van der Waals surface area contributed by atoms with E-state index in [0.717, 1.165) is 23.2 Å². The smallest absolute Gasteiger partial charge is 0.323 e. The Balaban J connectivity index is 2.25. The zero-order chi connectivity index (χ0) is 8.84. The molecule has 1 aliphatic rings. The van der Waals surface area contributed by atoms with Gasteiger partial charge in [0.15, 0.2) is 0 Å². The first-order valence-corrected chi connectivity index (χ1v) is 4.16. The van der Waals surface area contributed by atoms with E-state index < -0.39 is 0 Å². The summed E-state index contributed by atoms with van der Waals surface area (Å²) in [5.41, 5.74) is 2.65. The van der Waals surface area contributed by atoms with E-state index in [2.05, 4.69) is 9.97 Å². The van der Waals surface area contributed by atoms with Gasteiger partial charge in [0, 0.05) is 0 Å². The van der Waals surface area contributed by atoms with Crippen LogP contribution in [0.4, 0.5) is 0 Å². The number of hydrogen-bond donors (Lipinski definition) is 2. The zero-order valence-corrected chi connectivity index (χ0v) is 6.83. The predicted molar refractivity (Wildman–Crippen MR) is 47.6 cm³/mol. The van der Waals surface area contributed by atoms with Crippen molar-refractivity contribution in [3.8, 4) is 0 Å². The highest BCUT2D eigenvalue weighted by molar-refractivity contribution is 5.75. The van der Waals surface area contributed by atoms with Gasteiger partial charge in [0.1, 0.15) is 6.10 Å². The lowest BCUT2D eigenvalue weighted by Crippen LogP contribution is -1.99. The predicted octanol–water partition coefficient (Wildman–Crippen LogP) is 0.927.